The lowest BCUT2D eigenvalue weighted by atomic mass is 9.91. The van der Waals surface area contributed by atoms with Crippen LogP contribution in [0.25, 0.3) is 10.9 Å². The first kappa shape index (κ1) is 16.6. The summed E-state index contributed by atoms with van der Waals surface area (Å²) in [7, 11) is 0. The average Bonchev–Trinajstić information content (AvgIpc) is 2.68. The molecule has 1 fully saturated rings. The molecule has 132 valence electrons. The van der Waals surface area contributed by atoms with E-state index in [4.69, 9.17) is 0 Å². The summed E-state index contributed by atoms with van der Waals surface area (Å²) in [5.74, 6) is 1.18. The van der Waals surface area contributed by atoms with Gasteiger partial charge in [0.15, 0.2) is 0 Å². The highest BCUT2D eigenvalue weighted by molar-refractivity contribution is 5.93. The van der Waals surface area contributed by atoms with Gasteiger partial charge in [-0.3, -0.25) is 9.78 Å². The van der Waals surface area contributed by atoms with Crippen molar-refractivity contribution >= 4 is 16.8 Å². The zero-order valence-electron chi connectivity index (χ0n) is 14.9. The molecule has 0 N–H and O–H groups in total. The maximum atomic E-state index is 12.7. The highest BCUT2D eigenvalue weighted by Crippen LogP contribution is 2.23. The van der Waals surface area contributed by atoms with Gasteiger partial charge in [-0.05, 0) is 49.8 Å². The van der Waals surface area contributed by atoms with Crippen LogP contribution < -0.4 is 0 Å². The number of benzene rings is 1. The molecule has 1 aromatic carbocycles. The molecule has 2 aromatic heterocycles. The van der Waals surface area contributed by atoms with Crippen molar-refractivity contribution in [3.8, 4) is 0 Å². The van der Waals surface area contributed by atoms with E-state index in [1.807, 2.05) is 36.2 Å². The van der Waals surface area contributed by atoms with Crippen LogP contribution in [0.5, 0.6) is 0 Å². The van der Waals surface area contributed by atoms with E-state index < -0.39 is 0 Å². The summed E-state index contributed by atoms with van der Waals surface area (Å²) in [6.45, 7) is 3.40. The van der Waals surface area contributed by atoms with Crippen LogP contribution >= 0.6 is 0 Å². The minimum Gasteiger partial charge on any atom is -0.338 e. The van der Waals surface area contributed by atoms with Crippen LogP contribution in [0.2, 0.25) is 0 Å². The molecule has 4 rings (SSSR count). The van der Waals surface area contributed by atoms with E-state index in [-0.39, 0.29) is 5.91 Å². The van der Waals surface area contributed by atoms with Gasteiger partial charge >= 0.3 is 0 Å². The summed E-state index contributed by atoms with van der Waals surface area (Å²) >= 11 is 0. The van der Waals surface area contributed by atoms with Crippen LogP contribution in [-0.4, -0.2) is 38.8 Å². The minimum absolute atomic E-state index is 0.0336. The van der Waals surface area contributed by atoms with E-state index >= 15 is 0 Å². The second-order valence-electron chi connectivity index (χ2n) is 7.02. The second kappa shape index (κ2) is 7.20. The van der Waals surface area contributed by atoms with Crippen molar-refractivity contribution in [3.63, 3.8) is 0 Å². The van der Waals surface area contributed by atoms with E-state index in [1.54, 1.807) is 12.4 Å². The third kappa shape index (κ3) is 3.57. The second-order valence-corrected chi connectivity index (χ2v) is 7.02. The number of aromatic nitrogens is 3. The maximum absolute atomic E-state index is 12.7. The Balaban J connectivity index is 1.45. The van der Waals surface area contributed by atoms with Gasteiger partial charge < -0.3 is 4.90 Å². The number of nitrogens with zero attached hydrogens (tertiary/aromatic N) is 4. The zero-order valence-corrected chi connectivity index (χ0v) is 14.9. The number of para-hydroxylation sites is 1. The fraction of sp³-hybridized carbons (Fsp3) is 0.333. The molecule has 5 nitrogen and oxygen atoms in total. The molecule has 0 saturated carbocycles. The van der Waals surface area contributed by atoms with E-state index in [1.165, 1.54) is 10.9 Å². The number of carbonyl (C=O) groups excluding carboxylic acids is 1. The fourth-order valence-corrected chi connectivity index (χ4v) is 3.66. The van der Waals surface area contributed by atoms with Gasteiger partial charge in [-0.25, -0.2) is 9.97 Å². The molecule has 1 atom stereocenters. The van der Waals surface area contributed by atoms with E-state index in [2.05, 4.69) is 27.1 Å². The molecular weight excluding hydrogens is 324 g/mol. The van der Waals surface area contributed by atoms with Crippen molar-refractivity contribution in [3.05, 3.63) is 65.9 Å². The molecule has 0 bridgehead atoms. The monoisotopic (exact) mass is 346 g/mol. The topological polar surface area (TPSA) is 59.0 Å². The van der Waals surface area contributed by atoms with Gasteiger partial charge in [0.2, 0.25) is 0 Å². The zero-order chi connectivity index (χ0) is 17.9. The predicted octanol–water partition coefficient (Wildman–Crippen LogP) is 3.43. The summed E-state index contributed by atoms with van der Waals surface area (Å²) < 4.78 is 0. The summed E-state index contributed by atoms with van der Waals surface area (Å²) in [6, 6.07) is 10.4. The quantitative estimate of drug-likeness (QED) is 0.729. The van der Waals surface area contributed by atoms with Crippen LogP contribution in [0.4, 0.5) is 0 Å². The molecular formula is C21H22N4O. The fourth-order valence-electron chi connectivity index (χ4n) is 3.66. The Bertz CT molecular complexity index is 923. The third-order valence-electron chi connectivity index (χ3n) is 5.01. The van der Waals surface area contributed by atoms with Gasteiger partial charge in [0.05, 0.1) is 11.1 Å². The predicted molar refractivity (Wildman–Crippen MR) is 101 cm³/mol. The molecule has 5 heteroatoms. The van der Waals surface area contributed by atoms with Crippen molar-refractivity contribution in [2.24, 2.45) is 5.92 Å². The number of piperidine rings is 1. The molecule has 1 aliphatic rings. The van der Waals surface area contributed by atoms with Gasteiger partial charge in [-0.2, -0.15) is 0 Å². The molecule has 3 heterocycles. The van der Waals surface area contributed by atoms with Crippen LogP contribution in [-0.2, 0) is 6.42 Å². The van der Waals surface area contributed by atoms with Crippen molar-refractivity contribution in [2.75, 3.05) is 13.1 Å². The Hall–Kier alpha value is -2.82. The van der Waals surface area contributed by atoms with E-state index in [0.717, 1.165) is 37.9 Å². The third-order valence-corrected chi connectivity index (χ3v) is 5.01. The lowest BCUT2D eigenvalue weighted by Gasteiger charge is -2.32. The minimum atomic E-state index is 0.0336. The Labute approximate surface area is 153 Å². The number of fused-ring (bicyclic) bond motifs is 1. The lowest BCUT2D eigenvalue weighted by Crippen LogP contribution is -2.40. The van der Waals surface area contributed by atoms with Crippen molar-refractivity contribution in [1.82, 2.24) is 19.9 Å². The number of hydrogen-bond donors (Lipinski definition) is 0. The molecule has 1 amide bonds. The van der Waals surface area contributed by atoms with Crippen molar-refractivity contribution in [2.45, 2.75) is 26.2 Å². The maximum Gasteiger partial charge on any atom is 0.256 e. The molecule has 3 aromatic rings. The summed E-state index contributed by atoms with van der Waals surface area (Å²) in [6.07, 6.45) is 8.34. The smallest absolute Gasteiger partial charge is 0.256 e. The Kier molecular flexibility index (Phi) is 4.61. The number of hydrogen-bond acceptors (Lipinski definition) is 4. The molecule has 1 unspecified atom stereocenters. The van der Waals surface area contributed by atoms with Crippen LogP contribution in [0.3, 0.4) is 0 Å². The molecule has 0 radical (unpaired) electrons. The van der Waals surface area contributed by atoms with Gasteiger partial charge in [-0.1, -0.05) is 18.2 Å². The number of likely N-dealkylation sites (tertiary alicyclic amines) is 1. The number of aryl methyl sites for hydroxylation is 1. The van der Waals surface area contributed by atoms with E-state index in [9.17, 15) is 4.79 Å². The summed E-state index contributed by atoms with van der Waals surface area (Å²) in [5.41, 5.74) is 2.83. The lowest BCUT2D eigenvalue weighted by molar-refractivity contribution is 0.0672. The van der Waals surface area contributed by atoms with Gasteiger partial charge in [-0.15, -0.1) is 0 Å². The number of pyridine rings is 1. The van der Waals surface area contributed by atoms with Crippen molar-refractivity contribution < 1.29 is 4.79 Å². The SMILES string of the molecule is Cc1ncc(C(=O)N2CCCC(Cc3cnc4ccccc4c3)C2)cn1. The van der Waals surface area contributed by atoms with Gasteiger partial charge in [0.25, 0.3) is 5.91 Å². The molecule has 26 heavy (non-hydrogen) atoms. The highest BCUT2D eigenvalue weighted by atomic mass is 16.2. The van der Waals surface area contributed by atoms with Crippen molar-refractivity contribution in [1.29, 1.82) is 0 Å². The van der Waals surface area contributed by atoms with Gasteiger partial charge in [0, 0.05) is 37.1 Å². The average molecular weight is 346 g/mol. The van der Waals surface area contributed by atoms with Gasteiger partial charge in [0.1, 0.15) is 5.82 Å². The molecule has 1 saturated heterocycles. The largest absolute Gasteiger partial charge is 0.338 e. The number of carbonyl (C=O) groups is 1. The molecule has 0 spiro atoms. The first-order valence-electron chi connectivity index (χ1n) is 9.10. The van der Waals surface area contributed by atoms with Crippen LogP contribution in [0.1, 0.15) is 34.6 Å². The van der Waals surface area contributed by atoms with E-state index in [0.29, 0.717) is 17.3 Å². The number of rotatable bonds is 3. The highest BCUT2D eigenvalue weighted by Gasteiger charge is 2.25. The Morgan fingerprint density at radius 1 is 1.15 bits per heavy atom. The normalized spacial score (nSPS) is 17.4. The first-order valence-corrected chi connectivity index (χ1v) is 9.10. The molecule has 0 aliphatic carbocycles. The first-order chi connectivity index (χ1) is 12.7. The summed E-state index contributed by atoms with van der Waals surface area (Å²) in [4.78, 5) is 27.5. The Morgan fingerprint density at radius 3 is 2.81 bits per heavy atom. The Morgan fingerprint density at radius 2 is 1.96 bits per heavy atom. The summed E-state index contributed by atoms with van der Waals surface area (Å²) in [5, 5.41) is 1.17. The molecule has 1 aliphatic heterocycles. The number of amides is 1. The van der Waals surface area contributed by atoms with Crippen LogP contribution in [0, 0.1) is 12.8 Å². The van der Waals surface area contributed by atoms with Crippen LogP contribution in [0.15, 0.2) is 48.9 Å². The standard InChI is InChI=1S/C21H22N4O/c1-15-22-12-19(13-23-15)21(26)25-8-4-5-16(14-25)9-17-10-18-6-2-3-7-20(18)24-11-17/h2-3,6-7,10-13,16H,4-5,8-9,14H2,1H3.